The predicted octanol–water partition coefficient (Wildman–Crippen LogP) is 3.17. The Labute approximate surface area is 162 Å². The second-order valence-corrected chi connectivity index (χ2v) is 7.23. The Morgan fingerprint density at radius 1 is 1.29 bits per heavy atom. The monoisotopic (exact) mass is 383 g/mol. The van der Waals surface area contributed by atoms with Gasteiger partial charge in [0, 0.05) is 41.9 Å². The third-order valence-corrected chi connectivity index (χ3v) is 5.31. The van der Waals surface area contributed by atoms with Crippen molar-refractivity contribution in [2.75, 3.05) is 18.5 Å². The van der Waals surface area contributed by atoms with E-state index in [2.05, 4.69) is 15.6 Å². The summed E-state index contributed by atoms with van der Waals surface area (Å²) in [7, 11) is 0. The van der Waals surface area contributed by atoms with Crippen LogP contribution in [0.15, 0.2) is 18.2 Å². The summed E-state index contributed by atoms with van der Waals surface area (Å²) in [4.78, 5) is 28.3. The number of nitrogens with one attached hydrogen (secondary N) is 3. The van der Waals surface area contributed by atoms with E-state index in [0.717, 1.165) is 24.1 Å². The molecule has 3 heterocycles. The van der Waals surface area contributed by atoms with Gasteiger partial charge in [-0.3, -0.25) is 9.59 Å². The third-order valence-electron chi connectivity index (χ3n) is 5.31. The van der Waals surface area contributed by atoms with E-state index in [4.69, 9.17) is 4.74 Å². The zero-order valence-corrected chi connectivity index (χ0v) is 15.8. The van der Waals surface area contributed by atoms with Crippen LogP contribution in [-0.2, 0) is 9.53 Å². The second-order valence-electron chi connectivity index (χ2n) is 7.23. The molecule has 28 heavy (non-hydrogen) atoms. The summed E-state index contributed by atoms with van der Waals surface area (Å²) in [6.45, 7) is 4.97. The largest absolute Gasteiger partial charge is 0.381 e. The summed E-state index contributed by atoms with van der Waals surface area (Å²) in [6.07, 6.45) is 3.27. The quantitative estimate of drug-likeness (QED) is 0.712. The number of benzene rings is 1. The standard InChI is InChI=1S/C21H22FN3O3/c1-11-18(10-16-15-9-13(22)3-4-17(15)25-20(16)26)23-12(2)19(11)21(27)24-14-5-7-28-8-6-14/h3-4,9-10,14,23H,5-8H2,1-2H3,(H,24,27)(H,25,26)/b16-10-. The number of carbonyl (C=O) groups excluding carboxylic acids is 2. The predicted molar refractivity (Wildman–Crippen MR) is 104 cm³/mol. The molecule has 7 heteroatoms. The topological polar surface area (TPSA) is 83.2 Å². The van der Waals surface area contributed by atoms with Gasteiger partial charge in [0.1, 0.15) is 5.82 Å². The number of ether oxygens (including phenoxy) is 1. The maximum absolute atomic E-state index is 13.6. The van der Waals surface area contributed by atoms with Gasteiger partial charge < -0.3 is 20.4 Å². The van der Waals surface area contributed by atoms with Crippen LogP contribution in [0.3, 0.4) is 0 Å². The molecule has 146 valence electrons. The molecule has 1 saturated heterocycles. The van der Waals surface area contributed by atoms with Gasteiger partial charge in [-0.2, -0.15) is 0 Å². The van der Waals surface area contributed by atoms with Gasteiger partial charge in [0.2, 0.25) is 0 Å². The lowest BCUT2D eigenvalue weighted by molar-refractivity contribution is -0.110. The highest BCUT2D eigenvalue weighted by atomic mass is 19.1. The van der Waals surface area contributed by atoms with Gasteiger partial charge in [-0.25, -0.2) is 4.39 Å². The molecule has 3 N–H and O–H groups in total. The SMILES string of the molecule is Cc1[nH]c(/C=C2\C(=O)Nc3ccc(F)cc32)c(C)c1C(=O)NC1CCOCC1. The van der Waals surface area contributed by atoms with Crippen LogP contribution in [0, 0.1) is 19.7 Å². The Morgan fingerprint density at radius 3 is 2.79 bits per heavy atom. The van der Waals surface area contributed by atoms with Crippen LogP contribution in [0.1, 0.15) is 45.7 Å². The van der Waals surface area contributed by atoms with Crippen LogP contribution in [0.25, 0.3) is 11.6 Å². The van der Waals surface area contributed by atoms with E-state index in [1.54, 1.807) is 12.1 Å². The number of aryl methyl sites for hydroxylation is 1. The molecule has 4 rings (SSSR count). The zero-order chi connectivity index (χ0) is 19.8. The molecule has 0 aliphatic carbocycles. The van der Waals surface area contributed by atoms with Crippen molar-refractivity contribution in [2.45, 2.75) is 32.7 Å². The van der Waals surface area contributed by atoms with E-state index >= 15 is 0 Å². The molecule has 1 aromatic heterocycles. The Morgan fingerprint density at radius 2 is 2.04 bits per heavy atom. The zero-order valence-electron chi connectivity index (χ0n) is 15.8. The molecule has 1 aromatic carbocycles. The molecule has 0 unspecified atom stereocenters. The average Bonchev–Trinajstić information content (AvgIpc) is 3.12. The Kier molecular flexibility index (Phi) is 4.77. The number of anilines is 1. The molecule has 2 amide bonds. The van der Waals surface area contributed by atoms with E-state index < -0.39 is 5.82 Å². The van der Waals surface area contributed by atoms with Crippen molar-refractivity contribution in [3.8, 4) is 0 Å². The van der Waals surface area contributed by atoms with Crippen LogP contribution >= 0.6 is 0 Å². The molecule has 0 atom stereocenters. The number of H-pyrrole nitrogens is 1. The molecular weight excluding hydrogens is 361 g/mol. The molecule has 0 bridgehead atoms. The number of hydrogen-bond donors (Lipinski definition) is 3. The third kappa shape index (κ3) is 3.33. The van der Waals surface area contributed by atoms with Crippen LogP contribution in [-0.4, -0.2) is 36.1 Å². The van der Waals surface area contributed by atoms with Gasteiger partial charge in [0.05, 0.1) is 11.1 Å². The molecule has 1 fully saturated rings. The summed E-state index contributed by atoms with van der Waals surface area (Å²) in [5, 5.41) is 5.80. The van der Waals surface area contributed by atoms with E-state index in [1.807, 2.05) is 13.8 Å². The fourth-order valence-corrected chi connectivity index (χ4v) is 3.81. The van der Waals surface area contributed by atoms with Crippen molar-refractivity contribution in [3.63, 3.8) is 0 Å². The lowest BCUT2D eigenvalue weighted by Crippen LogP contribution is -2.39. The van der Waals surface area contributed by atoms with Crippen molar-refractivity contribution in [2.24, 2.45) is 0 Å². The van der Waals surface area contributed by atoms with Crippen LogP contribution < -0.4 is 10.6 Å². The molecule has 0 spiro atoms. The highest BCUT2D eigenvalue weighted by molar-refractivity contribution is 6.34. The molecule has 6 nitrogen and oxygen atoms in total. The maximum Gasteiger partial charge on any atom is 0.256 e. The molecule has 2 aromatic rings. The minimum absolute atomic E-state index is 0.104. The van der Waals surface area contributed by atoms with Crippen LogP contribution in [0.2, 0.25) is 0 Å². The summed E-state index contributed by atoms with van der Waals surface area (Å²) in [5.41, 5.74) is 4.20. The second kappa shape index (κ2) is 7.24. The Hall–Kier alpha value is -2.93. The molecular formula is C21H22FN3O3. The fraction of sp³-hybridized carbons (Fsp3) is 0.333. The summed E-state index contributed by atoms with van der Waals surface area (Å²) in [6, 6.07) is 4.30. The molecule has 2 aliphatic rings. The van der Waals surface area contributed by atoms with Crippen LogP contribution in [0.5, 0.6) is 0 Å². The Bertz CT molecular complexity index is 987. The van der Waals surface area contributed by atoms with Gasteiger partial charge >= 0.3 is 0 Å². The number of amides is 2. The van der Waals surface area contributed by atoms with Gasteiger partial charge in [0.25, 0.3) is 11.8 Å². The highest BCUT2D eigenvalue weighted by Gasteiger charge is 2.26. The number of fused-ring (bicyclic) bond motifs is 1. The van der Waals surface area contributed by atoms with Crippen molar-refractivity contribution >= 4 is 29.2 Å². The van der Waals surface area contributed by atoms with Crippen molar-refractivity contribution < 1.29 is 18.7 Å². The number of rotatable bonds is 3. The highest BCUT2D eigenvalue weighted by Crippen LogP contribution is 2.34. The lowest BCUT2D eigenvalue weighted by atomic mass is 10.0. The number of carbonyl (C=O) groups is 2. The molecule has 2 aliphatic heterocycles. The minimum atomic E-state index is -0.405. The average molecular weight is 383 g/mol. The first-order chi connectivity index (χ1) is 13.4. The van der Waals surface area contributed by atoms with E-state index in [9.17, 15) is 14.0 Å². The number of halogens is 1. The van der Waals surface area contributed by atoms with Gasteiger partial charge in [-0.05, 0) is 56.5 Å². The van der Waals surface area contributed by atoms with Crippen molar-refractivity contribution in [1.82, 2.24) is 10.3 Å². The number of hydrogen-bond acceptors (Lipinski definition) is 3. The van der Waals surface area contributed by atoms with Crippen molar-refractivity contribution in [1.29, 1.82) is 0 Å². The summed E-state index contributed by atoms with van der Waals surface area (Å²) < 4.78 is 19.0. The fourth-order valence-electron chi connectivity index (χ4n) is 3.81. The van der Waals surface area contributed by atoms with Crippen molar-refractivity contribution in [3.05, 3.63) is 52.1 Å². The maximum atomic E-state index is 13.6. The molecule has 0 radical (unpaired) electrons. The smallest absolute Gasteiger partial charge is 0.256 e. The van der Waals surface area contributed by atoms with Gasteiger partial charge in [0.15, 0.2) is 0 Å². The molecule has 0 saturated carbocycles. The normalized spacial score (nSPS) is 18.2. The first-order valence-electron chi connectivity index (χ1n) is 9.35. The lowest BCUT2D eigenvalue weighted by Gasteiger charge is -2.23. The van der Waals surface area contributed by atoms with E-state index in [1.165, 1.54) is 12.1 Å². The van der Waals surface area contributed by atoms with Gasteiger partial charge in [-0.1, -0.05) is 0 Å². The first kappa shape index (κ1) is 18.4. The van der Waals surface area contributed by atoms with Gasteiger partial charge in [-0.15, -0.1) is 0 Å². The summed E-state index contributed by atoms with van der Waals surface area (Å²) >= 11 is 0. The number of aromatic amines is 1. The van der Waals surface area contributed by atoms with E-state index in [0.29, 0.717) is 41.3 Å². The Balaban J connectivity index is 1.65. The van der Waals surface area contributed by atoms with Crippen LogP contribution in [0.4, 0.5) is 10.1 Å². The minimum Gasteiger partial charge on any atom is -0.381 e. The van der Waals surface area contributed by atoms with E-state index in [-0.39, 0.29) is 17.9 Å². The first-order valence-corrected chi connectivity index (χ1v) is 9.35. The summed E-state index contributed by atoms with van der Waals surface area (Å²) in [5.74, 6) is -0.831. The number of aromatic nitrogens is 1.